The molecule has 0 N–H and O–H groups in total. The van der Waals surface area contributed by atoms with Gasteiger partial charge in [0.15, 0.2) is 0 Å². The van der Waals surface area contributed by atoms with Crippen LogP contribution in [-0.4, -0.2) is 31.0 Å². The van der Waals surface area contributed by atoms with Gasteiger partial charge in [-0.1, -0.05) is 0 Å². The zero-order valence-electron chi connectivity index (χ0n) is 10.6. The maximum atomic E-state index is 6.18. The number of fused-ring (bicyclic) bond motifs is 3. The summed E-state index contributed by atoms with van der Waals surface area (Å²) in [5.41, 5.74) is 1.75. The van der Waals surface area contributed by atoms with E-state index in [2.05, 4.69) is 23.0 Å². The predicted octanol–water partition coefficient (Wildman–Crippen LogP) is 2.23. The first-order valence-electron chi connectivity index (χ1n) is 5.88. The summed E-state index contributed by atoms with van der Waals surface area (Å²) >= 11 is 0.0672. The van der Waals surface area contributed by atoms with E-state index < -0.39 is 0 Å². The SMILES string of the molecule is CCC1(C)Oc2cc(OC)ccc2-c2nn[se]c21. The fourth-order valence-electron chi connectivity index (χ4n) is 2.15. The minimum atomic E-state index is -0.280. The summed E-state index contributed by atoms with van der Waals surface area (Å²) in [6.45, 7) is 4.24. The van der Waals surface area contributed by atoms with Crippen LogP contribution in [0.4, 0.5) is 0 Å². The molecular weight excluding hydrogens is 295 g/mol. The van der Waals surface area contributed by atoms with Crippen LogP contribution in [0.5, 0.6) is 11.5 Å². The molecule has 3 rings (SSSR count). The van der Waals surface area contributed by atoms with Crippen molar-refractivity contribution in [3.05, 3.63) is 22.6 Å². The molecule has 0 bridgehead atoms. The van der Waals surface area contributed by atoms with E-state index in [1.165, 1.54) is 4.44 Å². The first kappa shape index (κ1) is 11.8. The van der Waals surface area contributed by atoms with Gasteiger partial charge in [0, 0.05) is 0 Å². The summed E-state index contributed by atoms with van der Waals surface area (Å²) in [6, 6.07) is 5.86. The van der Waals surface area contributed by atoms with Crippen LogP contribution < -0.4 is 9.47 Å². The van der Waals surface area contributed by atoms with Gasteiger partial charge in [-0.3, -0.25) is 0 Å². The molecule has 5 heteroatoms. The molecule has 0 amide bonds. The molecule has 0 fully saturated rings. The summed E-state index contributed by atoms with van der Waals surface area (Å²) < 4.78 is 16.9. The predicted molar refractivity (Wildman–Crippen MR) is 69.2 cm³/mol. The van der Waals surface area contributed by atoms with Gasteiger partial charge >= 0.3 is 112 Å². The molecule has 0 saturated carbocycles. The number of benzene rings is 1. The quantitative estimate of drug-likeness (QED) is 0.798. The van der Waals surface area contributed by atoms with E-state index in [-0.39, 0.29) is 20.3 Å². The van der Waals surface area contributed by atoms with E-state index in [9.17, 15) is 0 Å². The van der Waals surface area contributed by atoms with Gasteiger partial charge in [0.2, 0.25) is 0 Å². The van der Waals surface area contributed by atoms with Gasteiger partial charge in [0.05, 0.1) is 0 Å². The Balaban J connectivity index is 2.21. The third-order valence-electron chi connectivity index (χ3n) is 3.42. The van der Waals surface area contributed by atoms with Crippen LogP contribution >= 0.6 is 0 Å². The third-order valence-corrected chi connectivity index (χ3v) is 5.46. The molecular formula is C13H14N2O2Se. The van der Waals surface area contributed by atoms with Gasteiger partial charge in [-0.05, 0) is 0 Å². The second-order valence-electron chi connectivity index (χ2n) is 4.50. The molecule has 4 nitrogen and oxygen atoms in total. The Morgan fingerprint density at radius 1 is 1.44 bits per heavy atom. The molecule has 1 unspecified atom stereocenters. The van der Waals surface area contributed by atoms with Crippen molar-refractivity contribution in [3.8, 4) is 22.8 Å². The van der Waals surface area contributed by atoms with Crippen LogP contribution in [0.3, 0.4) is 0 Å². The topological polar surface area (TPSA) is 44.2 Å². The standard InChI is InChI=1S/C13H14N2O2Se/c1-4-13(2)12-11(14-15-18-12)9-6-5-8(16-3)7-10(9)17-13/h5-7H,4H2,1-3H3. The Morgan fingerprint density at radius 2 is 2.28 bits per heavy atom. The molecule has 0 radical (unpaired) electrons. The fraction of sp³-hybridized carbons (Fsp3) is 0.385. The van der Waals surface area contributed by atoms with E-state index >= 15 is 0 Å². The number of rotatable bonds is 2. The van der Waals surface area contributed by atoms with Crippen LogP contribution in [0, 0.1) is 0 Å². The molecule has 1 atom stereocenters. The number of methoxy groups -OCH3 is 1. The van der Waals surface area contributed by atoms with Gasteiger partial charge in [-0.2, -0.15) is 0 Å². The molecule has 0 saturated heterocycles. The van der Waals surface area contributed by atoms with Crippen LogP contribution in [0.1, 0.15) is 24.7 Å². The zero-order chi connectivity index (χ0) is 12.8. The van der Waals surface area contributed by atoms with Crippen LogP contribution in [0.25, 0.3) is 11.3 Å². The Morgan fingerprint density at radius 3 is 3.00 bits per heavy atom. The second-order valence-corrected chi connectivity index (χ2v) is 6.08. The number of ether oxygens (including phenoxy) is 2. The average Bonchev–Trinajstić information content (AvgIpc) is 2.88. The molecule has 0 spiro atoms. The van der Waals surface area contributed by atoms with E-state index in [0.717, 1.165) is 29.2 Å². The number of hydrogen-bond acceptors (Lipinski definition) is 4. The summed E-state index contributed by atoms with van der Waals surface area (Å²) in [6.07, 6.45) is 0.912. The van der Waals surface area contributed by atoms with Crippen LogP contribution in [0.15, 0.2) is 18.2 Å². The number of aromatic nitrogens is 2. The van der Waals surface area contributed by atoms with Gasteiger partial charge in [-0.25, -0.2) is 0 Å². The van der Waals surface area contributed by atoms with Crippen molar-refractivity contribution in [2.45, 2.75) is 25.9 Å². The first-order valence-corrected chi connectivity index (χ1v) is 7.50. The van der Waals surface area contributed by atoms with Gasteiger partial charge in [0.1, 0.15) is 0 Å². The van der Waals surface area contributed by atoms with Crippen molar-refractivity contribution in [3.63, 3.8) is 0 Å². The molecule has 0 aliphatic carbocycles. The van der Waals surface area contributed by atoms with E-state index in [1.54, 1.807) is 7.11 Å². The third kappa shape index (κ3) is 1.58. The van der Waals surface area contributed by atoms with Gasteiger partial charge in [0.25, 0.3) is 0 Å². The average molecular weight is 309 g/mol. The van der Waals surface area contributed by atoms with Crippen molar-refractivity contribution in [1.29, 1.82) is 0 Å². The van der Waals surface area contributed by atoms with Crippen molar-refractivity contribution in [2.24, 2.45) is 0 Å². The fourth-order valence-corrected chi connectivity index (χ4v) is 3.87. The molecule has 1 aromatic carbocycles. The van der Waals surface area contributed by atoms with Crippen LogP contribution in [-0.2, 0) is 5.60 Å². The van der Waals surface area contributed by atoms with Gasteiger partial charge < -0.3 is 0 Å². The summed E-state index contributed by atoms with van der Waals surface area (Å²) in [5, 5.41) is 4.31. The zero-order valence-corrected chi connectivity index (χ0v) is 12.3. The van der Waals surface area contributed by atoms with E-state index in [1.807, 2.05) is 18.2 Å². The monoisotopic (exact) mass is 310 g/mol. The normalized spacial score (nSPS) is 20.8. The van der Waals surface area contributed by atoms with E-state index in [0.29, 0.717) is 0 Å². The molecule has 18 heavy (non-hydrogen) atoms. The molecule has 2 heterocycles. The Hall–Kier alpha value is -1.32. The van der Waals surface area contributed by atoms with Crippen molar-refractivity contribution in [2.75, 3.05) is 7.11 Å². The molecule has 2 aromatic rings. The van der Waals surface area contributed by atoms with Crippen molar-refractivity contribution >= 4 is 14.7 Å². The van der Waals surface area contributed by atoms with Gasteiger partial charge in [-0.15, -0.1) is 0 Å². The summed E-state index contributed by atoms with van der Waals surface area (Å²) in [5.74, 6) is 1.64. The second kappa shape index (κ2) is 4.11. The first-order chi connectivity index (χ1) is 8.68. The Bertz CT molecular complexity index is 596. The Kier molecular flexibility index (Phi) is 2.68. The number of hydrogen-bond donors (Lipinski definition) is 0. The number of nitrogens with zero attached hydrogens (tertiary/aromatic N) is 2. The molecule has 1 aromatic heterocycles. The maximum absolute atomic E-state index is 6.18. The molecule has 94 valence electrons. The Labute approximate surface area is 112 Å². The summed E-state index contributed by atoms with van der Waals surface area (Å²) in [4.78, 5) is 0. The molecule has 1 aliphatic heterocycles. The summed E-state index contributed by atoms with van der Waals surface area (Å²) in [7, 11) is 1.66. The minimum absolute atomic E-state index is 0.0672. The van der Waals surface area contributed by atoms with Crippen LogP contribution in [0.2, 0.25) is 0 Å². The van der Waals surface area contributed by atoms with Crippen molar-refractivity contribution < 1.29 is 9.47 Å². The van der Waals surface area contributed by atoms with Crippen molar-refractivity contribution in [1.82, 2.24) is 9.19 Å². The van der Waals surface area contributed by atoms with E-state index in [4.69, 9.17) is 9.47 Å². The molecule has 1 aliphatic rings.